The number of esters is 1. The number of hydrogen-bond acceptors (Lipinski definition) is 5. The Morgan fingerprint density at radius 3 is 2.59 bits per heavy atom. The van der Waals surface area contributed by atoms with Crippen molar-refractivity contribution >= 4 is 33.3 Å². The van der Waals surface area contributed by atoms with Crippen LogP contribution >= 0.6 is 0 Å². The van der Waals surface area contributed by atoms with Crippen molar-refractivity contribution in [3.63, 3.8) is 0 Å². The molecular formula is C21H24N2O5S. The first-order valence-electron chi connectivity index (χ1n) is 9.58. The zero-order chi connectivity index (χ0) is 20.9. The normalized spacial score (nSPS) is 13.5. The molecule has 0 aromatic heterocycles. The molecule has 0 bridgehead atoms. The predicted molar refractivity (Wildman–Crippen MR) is 110 cm³/mol. The molecule has 7 nitrogen and oxygen atoms in total. The van der Waals surface area contributed by atoms with Gasteiger partial charge in [0, 0.05) is 18.7 Å². The van der Waals surface area contributed by atoms with Gasteiger partial charge in [-0.1, -0.05) is 18.2 Å². The fourth-order valence-electron chi connectivity index (χ4n) is 3.28. The SMILES string of the molecule is CCOC(=O)CCC(=O)Nc1ccc2c(c1)CCCN2S(=O)(=O)c1ccccc1. The summed E-state index contributed by atoms with van der Waals surface area (Å²) in [7, 11) is -3.64. The van der Waals surface area contributed by atoms with E-state index in [0.29, 0.717) is 24.3 Å². The first kappa shape index (κ1) is 20.9. The van der Waals surface area contributed by atoms with Crippen LogP contribution in [0.25, 0.3) is 0 Å². The van der Waals surface area contributed by atoms with Gasteiger partial charge in [-0.3, -0.25) is 13.9 Å². The lowest BCUT2D eigenvalue weighted by molar-refractivity contribution is -0.144. The van der Waals surface area contributed by atoms with E-state index in [1.807, 2.05) is 0 Å². The molecule has 0 unspecified atom stereocenters. The van der Waals surface area contributed by atoms with Gasteiger partial charge in [0.15, 0.2) is 0 Å². The molecule has 2 aromatic carbocycles. The Balaban J connectivity index is 1.74. The summed E-state index contributed by atoms with van der Waals surface area (Å²) in [6.07, 6.45) is 1.47. The Labute approximate surface area is 170 Å². The van der Waals surface area contributed by atoms with Gasteiger partial charge in [-0.2, -0.15) is 0 Å². The third-order valence-electron chi connectivity index (χ3n) is 4.63. The van der Waals surface area contributed by atoms with Gasteiger partial charge in [0.2, 0.25) is 5.91 Å². The highest BCUT2D eigenvalue weighted by atomic mass is 32.2. The molecule has 0 fully saturated rings. The maximum atomic E-state index is 13.0. The number of aryl methyl sites for hydroxylation is 1. The monoisotopic (exact) mass is 416 g/mol. The zero-order valence-electron chi connectivity index (χ0n) is 16.3. The number of hydrogen-bond donors (Lipinski definition) is 1. The summed E-state index contributed by atoms with van der Waals surface area (Å²) in [6.45, 7) is 2.41. The highest BCUT2D eigenvalue weighted by Crippen LogP contribution is 2.33. The average Bonchev–Trinajstić information content (AvgIpc) is 2.72. The molecule has 1 heterocycles. The molecule has 154 valence electrons. The minimum atomic E-state index is -3.64. The quantitative estimate of drug-likeness (QED) is 0.700. The second kappa shape index (κ2) is 9.09. The number of amides is 1. The van der Waals surface area contributed by atoms with Crippen LogP contribution in [0.1, 0.15) is 31.7 Å². The van der Waals surface area contributed by atoms with Gasteiger partial charge < -0.3 is 10.1 Å². The molecule has 3 rings (SSSR count). The molecular weight excluding hydrogens is 392 g/mol. The van der Waals surface area contributed by atoms with Gasteiger partial charge in [-0.15, -0.1) is 0 Å². The van der Waals surface area contributed by atoms with Gasteiger partial charge in [0.1, 0.15) is 0 Å². The van der Waals surface area contributed by atoms with E-state index >= 15 is 0 Å². The number of rotatable bonds is 7. The Morgan fingerprint density at radius 2 is 1.86 bits per heavy atom. The van der Waals surface area contributed by atoms with E-state index in [1.165, 1.54) is 4.31 Å². The van der Waals surface area contributed by atoms with Crippen LogP contribution in [-0.2, 0) is 30.8 Å². The van der Waals surface area contributed by atoms with Crippen molar-refractivity contribution in [1.29, 1.82) is 0 Å². The van der Waals surface area contributed by atoms with Crippen LogP contribution < -0.4 is 9.62 Å². The lowest BCUT2D eigenvalue weighted by Gasteiger charge is -2.30. The van der Waals surface area contributed by atoms with Crippen LogP contribution in [0.2, 0.25) is 0 Å². The molecule has 1 aliphatic heterocycles. The fourth-order valence-corrected chi connectivity index (χ4v) is 4.84. The maximum Gasteiger partial charge on any atom is 0.306 e. The molecule has 0 saturated carbocycles. The molecule has 1 aliphatic rings. The molecule has 0 aliphatic carbocycles. The largest absolute Gasteiger partial charge is 0.466 e. The number of benzene rings is 2. The molecule has 2 aromatic rings. The van der Waals surface area contributed by atoms with Crippen molar-refractivity contribution in [3.05, 3.63) is 54.1 Å². The molecule has 0 atom stereocenters. The van der Waals surface area contributed by atoms with Crippen LogP contribution in [-0.4, -0.2) is 33.4 Å². The van der Waals surface area contributed by atoms with E-state index in [2.05, 4.69) is 5.32 Å². The molecule has 0 radical (unpaired) electrons. The number of carbonyl (C=O) groups excluding carboxylic acids is 2. The van der Waals surface area contributed by atoms with Crippen molar-refractivity contribution < 1.29 is 22.7 Å². The van der Waals surface area contributed by atoms with Gasteiger partial charge in [0.05, 0.1) is 23.6 Å². The minimum absolute atomic E-state index is 0.0215. The van der Waals surface area contributed by atoms with Crippen molar-refractivity contribution in [2.24, 2.45) is 0 Å². The van der Waals surface area contributed by atoms with Crippen LogP contribution in [0.3, 0.4) is 0 Å². The molecule has 1 amide bonds. The molecule has 8 heteroatoms. The van der Waals surface area contributed by atoms with E-state index in [-0.39, 0.29) is 30.3 Å². The number of nitrogens with zero attached hydrogens (tertiary/aromatic N) is 1. The number of carbonyl (C=O) groups is 2. The van der Waals surface area contributed by atoms with Crippen LogP contribution in [0, 0.1) is 0 Å². The summed E-state index contributed by atoms with van der Waals surface area (Å²) in [5, 5.41) is 2.76. The van der Waals surface area contributed by atoms with Crippen LogP contribution in [0.15, 0.2) is 53.4 Å². The van der Waals surface area contributed by atoms with E-state index in [0.717, 1.165) is 12.0 Å². The Hall–Kier alpha value is -2.87. The summed E-state index contributed by atoms with van der Waals surface area (Å²) < 4.78 is 32.3. The number of sulfonamides is 1. The molecule has 0 spiro atoms. The van der Waals surface area contributed by atoms with E-state index in [9.17, 15) is 18.0 Å². The molecule has 1 N–H and O–H groups in total. The minimum Gasteiger partial charge on any atom is -0.466 e. The summed E-state index contributed by atoms with van der Waals surface area (Å²) in [6, 6.07) is 13.5. The summed E-state index contributed by atoms with van der Waals surface area (Å²) >= 11 is 0. The van der Waals surface area contributed by atoms with Crippen molar-refractivity contribution in [3.8, 4) is 0 Å². The third-order valence-corrected chi connectivity index (χ3v) is 6.46. The fraction of sp³-hybridized carbons (Fsp3) is 0.333. The van der Waals surface area contributed by atoms with E-state index in [1.54, 1.807) is 55.5 Å². The summed E-state index contributed by atoms with van der Waals surface area (Å²) in [5.41, 5.74) is 2.07. The summed E-state index contributed by atoms with van der Waals surface area (Å²) in [4.78, 5) is 23.7. The smallest absolute Gasteiger partial charge is 0.306 e. The lowest BCUT2D eigenvalue weighted by Crippen LogP contribution is -2.35. The van der Waals surface area contributed by atoms with Crippen molar-refractivity contribution in [2.75, 3.05) is 22.8 Å². The Kier molecular flexibility index (Phi) is 6.53. The standard InChI is InChI=1S/C21H24N2O5S/c1-2-28-21(25)13-12-20(24)22-17-10-11-19-16(15-17)7-6-14-23(19)29(26,27)18-8-4-3-5-9-18/h3-5,8-11,15H,2,6-7,12-14H2,1H3,(H,22,24). The lowest BCUT2D eigenvalue weighted by atomic mass is 10.0. The topological polar surface area (TPSA) is 92.8 Å². The predicted octanol–water partition coefficient (Wildman–Crippen LogP) is 3.11. The zero-order valence-corrected chi connectivity index (χ0v) is 17.1. The van der Waals surface area contributed by atoms with E-state index < -0.39 is 16.0 Å². The highest BCUT2D eigenvalue weighted by Gasteiger charge is 2.29. The molecule has 0 saturated heterocycles. The maximum absolute atomic E-state index is 13.0. The van der Waals surface area contributed by atoms with E-state index in [4.69, 9.17) is 4.74 Å². The Bertz CT molecular complexity index is 989. The summed E-state index contributed by atoms with van der Waals surface area (Å²) in [5.74, 6) is -0.697. The first-order valence-corrected chi connectivity index (χ1v) is 11.0. The van der Waals surface area contributed by atoms with Crippen molar-refractivity contribution in [2.45, 2.75) is 37.5 Å². The number of ether oxygens (including phenoxy) is 1. The number of nitrogens with one attached hydrogen (secondary N) is 1. The van der Waals surface area contributed by atoms with Crippen LogP contribution in [0.4, 0.5) is 11.4 Å². The number of anilines is 2. The third kappa shape index (κ3) is 4.95. The molecule has 29 heavy (non-hydrogen) atoms. The van der Waals surface area contributed by atoms with Crippen LogP contribution in [0.5, 0.6) is 0 Å². The number of fused-ring (bicyclic) bond motifs is 1. The van der Waals surface area contributed by atoms with Gasteiger partial charge in [-0.25, -0.2) is 8.42 Å². The average molecular weight is 416 g/mol. The second-order valence-electron chi connectivity index (χ2n) is 6.69. The highest BCUT2D eigenvalue weighted by molar-refractivity contribution is 7.92. The van der Waals surface area contributed by atoms with Gasteiger partial charge in [-0.05, 0) is 55.7 Å². The van der Waals surface area contributed by atoms with Gasteiger partial charge in [0.25, 0.3) is 10.0 Å². The van der Waals surface area contributed by atoms with Crippen molar-refractivity contribution in [1.82, 2.24) is 0 Å². The van der Waals surface area contributed by atoms with Gasteiger partial charge >= 0.3 is 5.97 Å². The first-order chi connectivity index (χ1) is 13.9. The second-order valence-corrected chi connectivity index (χ2v) is 8.55. The Morgan fingerprint density at radius 1 is 1.10 bits per heavy atom.